The summed E-state index contributed by atoms with van der Waals surface area (Å²) in [5.74, 6) is 1.05. The van der Waals surface area contributed by atoms with Crippen LogP contribution in [0.3, 0.4) is 0 Å². The number of piperidine rings is 1. The first kappa shape index (κ1) is 18.1. The SMILES string of the molecule is O=S(=O)(Cc1ccc(Cl)cc1)NCC1CCN(c2ncccn2)CC1. The highest BCUT2D eigenvalue weighted by molar-refractivity contribution is 7.88. The smallest absolute Gasteiger partial charge is 0.225 e. The number of aromatic nitrogens is 2. The molecular formula is C17H21ClN4O2S. The molecule has 1 aromatic heterocycles. The maximum absolute atomic E-state index is 12.2. The molecule has 6 nitrogen and oxygen atoms in total. The third-order valence-electron chi connectivity index (χ3n) is 4.31. The summed E-state index contributed by atoms with van der Waals surface area (Å²) in [6, 6.07) is 8.67. The van der Waals surface area contributed by atoms with Crippen LogP contribution in [0.25, 0.3) is 0 Å². The maximum atomic E-state index is 12.2. The summed E-state index contributed by atoms with van der Waals surface area (Å²) in [6.45, 7) is 2.15. The average molecular weight is 381 g/mol. The molecule has 3 rings (SSSR count). The van der Waals surface area contributed by atoms with Crippen molar-refractivity contribution in [3.63, 3.8) is 0 Å². The molecule has 1 fully saturated rings. The van der Waals surface area contributed by atoms with Gasteiger partial charge in [-0.3, -0.25) is 0 Å². The predicted molar refractivity (Wildman–Crippen MR) is 99.0 cm³/mol. The number of sulfonamides is 1. The number of rotatable bonds is 6. The maximum Gasteiger partial charge on any atom is 0.225 e. The van der Waals surface area contributed by atoms with Crippen molar-refractivity contribution in [2.75, 3.05) is 24.5 Å². The number of nitrogens with zero attached hydrogens (tertiary/aromatic N) is 3. The molecule has 0 spiro atoms. The van der Waals surface area contributed by atoms with Gasteiger partial charge in [-0.2, -0.15) is 0 Å². The Balaban J connectivity index is 1.46. The van der Waals surface area contributed by atoms with Gasteiger partial charge in [0.15, 0.2) is 0 Å². The highest BCUT2D eigenvalue weighted by Crippen LogP contribution is 2.20. The minimum absolute atomic E-state index is 0.0269. The van der Waals surface area contributed by atoms with Gasteiger partial charge in [-0.25, -0.2) is 23.1 Å². The Bertz CT molecular complexity index is 776. The summed E-state index contributed by atoms with van der Waals surface area (Å²) < 4.78 is 27.2. The second-order valence-corrected chi connectivity index (χ2v) is 8.46. The lowest BCUT2D eigenvalue weighted by atomic mass is 9.97. The number of anilines is 1. The van der Waals surface area contributed by atoms with Crippen molar-refractivity contribution in [3.8, 4) is 0 Å². The van der Waals surface area contributed by atoms with Gasteiger partial charge < -0.3 is 4.90 Å². The highest BCUT2D eigenvalue weighted by Gasteiger charge is 2.22. The fourth-order valence-electron chi connectivity index (χ4n) is 2.89. The Morgan fingerprint density at radius 3 is 2.40 bits per heavy atom. The van der Waals surface area contributed by atoms with Gasteiger partial charge in [0, 0.05) is 37.1 Å². The summed E-state index contributed by atoms with van der Waals surface area (Å²) in [4.78, 5) is 10.7. The predicted octanol–water partition coefficient (Wildman–Crippen LogP) is 2.47. The van der Waals surface area contributed by atoms with Crippen LogP contribution >= 0.6 is 11.6 Å². The summed E-state index contributed by atoms with van der Waals surface area (Å²) in [6.07, 6.45) is 5.31. The van der Waals surface area contributed by atoms with Crippen LogP contribution < -0.4 is 9.62 Å². The van der Waals surface area contributed by atoms with E-state index in [2.05, 4.69) is 19.6 Å². The van der Waals surface area contributed by atoms with Crippen molar-refractivity contribution in [2.24, 2.45) is 5.92 Å². The van der Waals surface area contributed by atoms with E-state index in [1.165, 1.54) is 0 Å². The van der Waals surface area contributed by atoms with E-state index in [0.29, 0.717) is 17.5 Å². The Morgan fingerprint density at radius 2 is 1.76 bits per heavy atom. The fraction of sp³-hybridized carbons (Fsp3) is 0.412. The largest absolute Gasteiger partial charge is 0.341 e. The molecule has 0 aliphatic carbocycles. The highest BCUT2D eigenvalue weighted by atomic mass is 35.5. The molecule has 134 valence electrons. The molecule has 1 aromatic carbocycles. The molecular weight excluding hydrogens is 360 g/mol. The van der Waals surface area contributed by atoms with Crippen LogP contribution in [-0.4, -0.2) is 38.0 Å². The van der Waals surface area contributed by atoms with E-state index in [0.717, 1.165) is 37.4 Å². The van der Waals surface area contributed by atoms with E-state index in [1.54, 1.807) is 42.7 Å². The molecule has 1 aliphatic heterocycles. The molecule has 8 heteroatoms. The lowest BCUT2D eigenvalue weighted by Gasteiger charge is -2.31. The zero-order valence-corrected chi connectivity index (χ0v) is 15.4. The minimum atomic E-state index is -3.34. The Labute approximate surface area is 153 Å². The first-order valence-electron chi connectivity index (χ1n) is 8.25. The standard InChI is InChI=1S/C17H21ClN4O2S/c18-16-4-2-15(3-5-16)13-25(23,24)21-12-14-6-10-22(11-7-14)17-19-8-1-9-20-17/h1-5,8-9,14,21H,6-7,10-13H2. The zero-order chi connectivity index (χ0) is 17.7. The average Bonchev–Trinajstić information content (AvgIpc) is 2.63. The Hall–Kier alpha value is -1.70. The van der Waals surface area contributed by atoms with Crippen LogP contribution in [0.15, 0.2) is 42.7 Å². The van der Waals surface area contributed by atoms with Crippen molar-refractivity contribution in [1.82, 2.24) is 14.7 Å². The van der Waals surface area contributed by atoms with E-state index in [4.69, 9.17) is 11.6 Å². The molecule has 0 atom stereocenters. The molecule has 0 saturated carbocycles. The van der Waals surface area contributed by atoms with Crippen molar-refractivity contribution < 1.29 is 8.42 Å². The molecule has 0 unspecified atom stereocenters. The zero-order valence-electron chi connectivity index (χ0n) is 13.8. The van der Waals surface area contributed by atoms with Crippen LogP contribution in [-0.2, 0) is 15.8 Å². The van der Waals surface area contributed by atoms with Gasteiger partial charge in [-0.05, 0) is 42.5 Å². The van der Waals surface area contributed by atoms with Gasteiger partial charge in [0.05, 0.1) is 5.75 Å². The molecule has 0 radical (unpaired) electrons. The molecule has 2 aromatic rings. The van der Waals surface area contributed by atoms with Crippen LogP contribution in [0.4, 0.5) is 5.95 Å². The van der Waals surface area contributed by atoms with E-state index in [1.807, 2.05) is 0 Å². The van der Waals surface area contributed by atoms with Crippen molar-refractivity contribution in [2.45, 2.75) is 18.6 Å². The van der Waals surface area contributed by atoms with E-state index in [9.17, 15) is 8.42 Å². The minimum Gasteiger partial charge on any atom is -0.341 e. The number of halogens is 1. The fourth-order valence-corrected chi connectivity index (χ4v) is 4.24. The summed E-state index contributed by atoms with van der Waals surface area (Å²) >= 11 is 5.82. The van der Waals surface area contributed by atoms with Gasteiger partial charge in [0.2, 0.25) is 16.0 Å². The molecule has 0 bridgehead atoms. The Morgan fingerprint density at radius 1 is 1.12 bits per heavy atom. The topological polar surface area (TPSA) is 75.2 Å². The molecule has 0 amide bonds. The normalized spacial score (nSPS) is 16.1. The second kappa shape index (κ2) is 8.12. The van der Waals surface area contributed by atoms with E-state index >= 15 is 0 Å². The van der Waals surface area contributed by atoms with E-state index < -0.39 is 10.0 Å². The second-order valence-electron chi connectivity index (χ2n) is 6.21. The van der Waals surface area contributed by atoms with Crippen molar-refractivity contribution in [1.29, 1.82) is 0 Å². The van der Waals surface area contributed by atoms with Crippen LogP contribution in [0.1, 0.15) is 18.4 Å². The summed E-state index contributed by atoms with van der Waals surface area (Å²) in [5.41, 5.74) is 0.730. The van der Waals surface area contributed by atoms with Gasteiger partial charge >= 0.3 is 0 Å². The van der Waals surface area contributed by atoms with Gasteiger partial charge in [-0.1, -0.05) is 23.7 Å². The third-order valence-corrected chi connectivity index (χ3v) is 5.88. The quantitative estimate of drug-likeness (QED) is 0.833. The Kier molecular flexibility index (Phi) is 5.88. The van der Waals surface area contributed by atoms with Crippen LogP contribution in [0, 0.1) is 5.92 Å². The lowest BCUT2D eigenvalue weighted by molar-refractivity contribution is 0.399. The third kappa shape index (κ3) is 5.39. The number of hydrogen-bond acceptors (Lipinski definition) is 5. The van der Waals surface area contributed by atoms with Crippen molar-refractivity contribution >= 4 is 27.6 Å². The molecule has 25 heavy (non-hydrogen) atoms. The number of nitrogens with one attached hydrogen (secondary N) is 1. The van der Waals surface area contributed by atoms with Gasteiger partial charge in [0.1, 0.15) is 0 Å². The molecule has 2 heterocycles. The number of hydrogen-bond donors (Lipinski definition) is 1. The molecule has 1 N–H and O–H groups in total. The first-order chi connectivity index (χ1) is 12.0. The number of benzene rings is 1. The summed E-state index contributed by atoms with van der Waals surface area (Å²) in [7, 11) is -3.34. The monoisotopic (exact) mass is 380 g/mol. The van der Waals surface area contributed by atoms with Gasteiger partial charge in [-0.15, -0.1) is 0 Å². The molecule has 1 aliphatic rings. The first-order valence-corrected chi connectivity index (χ1v) is 10.3. The van der Waals surface area contributed by atoms with Crippen LogP contribution in [0.2, 0.25) is 5.02 Å². The van der Waals surface area contributed by atoms with E-state index in [-0.39, 0.29) is 5.75 Å². The molecule has 1 saturated heterocycles. The summed E-state index contributed by atoms with van der Waals surface area (Å²) in [5, 5.41) is 0.600. The van der Waals surface area contributed by atoms with Crippen molar-refractivity contribution in [3.05, 3.63) is 53.3 Å². The van der Waals surface area contributed by atoms with Gasteiger partial charge in [0.25, 0.3) is 0 Å². The van der Waals surface area contributed by atoms with Crippen LogP contribution in [0.5, 0.6) is 0 Å². The lowest BCUT2D eigenvalue weighted by Crippen LogP contribution is -2.39.